The van der Waals surface area contributed by atoms with Crippen LogP contribution in [0.1, 0.15) is 357 Å². The van der Waals surface area contributed by atoms with Crippen LogP contribution in [0.2, 0.25) is 0 Å². The van der Waals surface area contributed by atoms with Gasteiger partial charge in [-0.1, -0.05) is 306 Å². The number of rotatable bonds is 69. The first-order valence-corrected chi connectivity index (χ1v) is 40.3. The quantitative estimate of drug-likeness (QED) is 0.0222. The zero-order valence-electron chi connectivity index (χ0n) is 59.5. The molecule has 3 N–H and O–H groups in total. The topological polar surface area (TPSA) is 237 Å². The predicted octanol–water partition coefficient (Wildman–Crippen LogP) is 20.5. The van der Waals surface area contributed by atoms with Crippen LogP contribution >= 0.6 is 15.6 Å². The summed E-state index contributed by atoms with van der Waals surface area (Å²) >= 11 is 0. The molecule has 0 amide bonds. The van der Waals surface area contributed by atoms with E-state index in [0.29, 0.717) is 25.7 Å². The van der Waals surface area contributed by atoms with Crippen molar-refractivity contribution in [3.05, 3.63) is 0 Å². The summed E-state index contributed by atoms with van der Waals surface area (Å²) in [7, 11) is -9.90. The Morgan fingerprint density at radius 1 is 0.308 bits per heavy atom. The lowest BCUT2D eigenvalue weighted by Crippen LogP contribution is -2.30. The highest BCUT2D eigenvalue weighted by Gasteiger charge is 2.30. The predicted molar refractivity (Wildman–Crippen MR) is 367 cm³/mol. The van der Waals surface area contributed by atoms with Crippen molar-refractivity contribution in [1.29, 1.82) is 0 Å². The van der Waals surface area contributed by atoms with E-state index in [2.05, 4.69) is 55.4 Å². The number of hydrogen-bond donors (Lipinski definition) is 3. The number of unbranched alkanes of at least 4 members (excludes halogenated alkanes) is 32. The second-order valence-electron chi connectivity index (χ2n) is 27.2. The van der Waals surface area contributed by atoms with Crippen LogP contribution in [0.25, 0.3) is 0 Å². The van der Waals surface area contributed by atoms with Crippen LogP contribution in [0, 0.1) is 23.7 Å². The van der Waals surface area contributed by atoms with E-state index in [-0.39, 0.29) is 25.7 Å². The van der Waals surface area contributed by atoms with Crippen LogP contribution in [-0.2, 0) is 65.4 Å². The van der Waals surface area contributed by atoms with Gasteiger partial charge in [0.25, 0.3) is 0 Å². The van der Waals surface area contributed by atoms with Gasteiger partial charge in [0.2, 0.25) is 0 Å². The summed E-state index contributed by atoms with van der Waals surface area (Å²) < 4.78 is 68.3. The number of esters is 4. The van der Waals surface area contributed by atoms with Gasteiger partial charge >= 0.3 is 39.5 Å². The van der Waals surface area contributed by atoms with Crippen LogP contribution in [-0.4, -0.2) is 96.7 Å². The highest BCUT2D eigenvalue weighted by Crippen LogP contribution is 2.45. The normalized spacial score (nSPS) is 15.1. The first-order valence-electron chi connectivity index (χ1n) is 37.3. The Hall–Kier alpha value is -1.94. The van der Waals surface area contributed by atoms with Gasteiger partial charge in [-0.2, -0.15) is 0 Å². The molecule has 5 unspecified atom stereocenters. The Morgan fingerprint density at radius 3 is 0.780 bits per heavy atom. The van der Waals surface area contributed by atoms with Crippen LogP contribution in [0.3, 0.4) is 0 Å². The Labute approximate surface area is 556 Å². The smallest absolute Gasteiger partial charge is 0.462 e. The summed E-state index contributed by atoms with van der Waals surface area (Å²) in [6, 6.07) is 0. The van der Waals surface area contributed by atoms with Gasteiger partial charge in [-0.3, -0.25) is 37.3 Å². The minimum Gasteiger partial charge on any atom is -0.462 e. The summed E-state index contributed by atoms with van der Waals surface area (Å²) in [5.74, 6) is 0.901. The van der Waals surface area contributed by atoms with E-state index in [4.69, 9.17) is 37.0 Å². The molecule has 91 heavy (non-hydrogen) atoms. The molecule has 0 rings (SSSR count). The van der Waals surface area contributed by atoms with Crippen molar-refractivity contribution >= 4 is 39.5 Å². The standard InChI is InChI=1S/C72H140O17P2/c1-9-63(6)49-41-33-25-22-23-27-38-46-54-71(76)88-67(58-82-69(74)52-44-36-26-21-19-17-15-13-12-14-16-18-20-24-32-40-48-62(4)5)60-86-90(78,79)84-56-66(73)57-85-91(80,81)87-61-68(89-72(77)55-47-39-31-29-35-43-51-65(8)11-3)59-83-70(75)53-45-37-30-28-34-42-50-64(7)10-2/h62-68,73H,9-61H2,1-8H3,(H,78,79)(H,80,81)/t63?,64?,65?,66-,67-,68-/m1/s1. The van der Waals surface area contributed by atoms with E-state index in [1.807, 2.05) is 0 Å². The summed E-state index contributed by atoms with van der Waals surface area (Å²) in [5.41, 5.74) is 0. The molecular formula is C72H140O17P2. The number of carbonyl (C=O) groups excluding carboxylic acids is 4. The van der Waals surface area contributed by atoms with Crippen molar-refractivity contribution in [3.63, 3.8) is 0 Å². The Morgan fingerprint density at radius 2 is 0.527 bits per heavy atom. The van der Waals surface area contributed by atoms with Crippen LogP contribution in [0.15, 0.2) is 0 Å². The fourth-order valence-corrected chi connectivity index (χ4v) is 12.3. The van der Waals surface area contributed by atoms with Gasteiger partial charge in [0.1, 0.15) is 19.3 Å². The Kier molecular flexibility index (Phi) is 60.3. The summed E-state index contributed by atoms with van der Waals surface area (Å²) in [6.07, 6.45) is 44.6. The molecule has 8 atom stereocenters. The summed E-state index contributed by atoms with van der Waals surface area (Å²) in [5, 5.41) is 10.6. The lowest BCUT2D eigenvalue weighted by atomic mass is 9.99. The van der Waals surface area contributed by atoms with Gasteiger partial charge in [-0.05, 0) is 49.4 Å². The van der Waals surface area contributed by atoms with Gasteiger partial charge in [0.05, 0.1) is 26.4 Å². The molecule has 0 fully saturated rings. The molecule has 0 saturated carbocycles. The highest BCUT2D eigenvalue weighted by atomic mass is 31.2. The van der Waals surface area contributed by atoms with E-state index in [0.717, 1.165) is 120 Å². The van der Waals surface area contributed by atoms with Gasteiger partial charge in [-0.15, -0.1) is 0 Å². The molecule has 19 heteroatoms. The molecule has 0 aromatic carbocycles. The molecule has 540 valence electrons. The van der Waals surface area contributed by atoms with Crippen molar-refractivity contribution in [1.82, 2.24) is 0 Å². The lowest BCUT2D eigenvalue weighted by molar-refractivity contribution is -0.161. The minimum absolute atomic E-state index is 0.102. The second-order valence-corrected chi connectivity index (χ2v) is 30.1. The number of aliphatic hydroxyl groups excluding tert-OH is 1. The Bertz CT molecular complexity index is 1800. The van der Waals surface area contributed by atoms with Crippen molar-refractivity contribution in [2.45, 2.75) is 375 Å². The summed E-state index contributed by atoms with van der Waals surface area (Å²) in [4.78, 5) is 72.6. The zero-order chi connectivity index (χ0) is 67.5. The third-order valence-corrected chi connectivity index (χ3v) is 19.6. The zero-order valence-corrected chi connectivity index (χ0v) is 61.3. The second kappa shape index (κ2) is 61.6. The van der Waals surface area contributed by atoms with E-state index in [1.54, 1.807) is 0 Å². The average molecular weight is 1340 g/mol. The lowest BCUT2D eigenvalue weighted by Gasteiger charge is -2.21. The third kappa shape index (κ3) is 62.6. The molecular weight excluding hydrogens is 1200 g/mol. The van der Waals surface area contributed by atoms with Crippen molar-refractivity contribution in [2.24, 2.45) is 23.7 Å². The largest absolute Gasteiger partial charge is 0.472 e. The molecule has 0 saturated heterocycles. The van der Waals surface area contributed by atoms with Gasteiger partial charge in [0.15, 0.2) is 12.2 Å². The molecule has 0 aliphatic heterocycles. The van der Waals surface area contributed by atoms with Crippen LogP contribution in [0.5, 0.6) is 0 Å². The van der Waals surface area contributed by atoms with E-state index in [9.17, 15) is 43.2 Å². The fourth-order valence-electron chi connectivity index (χ4n) is 10.7. The number of hydrogen-bond acceptors (Lipinski definition) is 15. The average Bonchev–Trinajstić information content (AvgIpc) is 2.94. The van der Waals surface area contributed by atoms with Gasteiger partial charge in [0, 0.05) is 25.7 Å². The number of ether oxygens (including phenoxy) is 4. The van der Waals surface area contributed by atoms with Crippen molar-refractivity contribution < 1.29 is 80.2 Å². The maximum Gasteiger partial charge on any atom is 0.472 e. The molecule has 17 nitrogen and oxygen atoms in total. The van der Waals surface area contributed by atoms with E-state index in [1.165, 1.54) is 154 Å². The number of phosphoric ester groups is 2. The first-order chi connectivity index (χ1) is 43.7. The monoisotopic (exact) mass is 1340 g/mol. The number of aliphatic hydroxyl groups is 1. The Balaban J connectivity index is 5.20. The molecule has 0 aromatic rings. The molecule has 0 spiro atoms. The SMILES string of the molecule is CCC(C)CCCCCCCCCCC(=O)O[C@H](COC(=O)CCCCCCCCCCCCCCCCCCC(C)C)COP(=O)(O)OC[C@@H](O)COP(=O)(O)OC[C@@H](COC(=O)CCCCCCCCC(C)CC)OC(=O)CCCCCCCCC(C)CC. The minimum atomic E-state index is -4.95. The van der Waals surface area contributed by atoms with Crippen LogP contribution in [0.4, 0.5) is 0 Å². The molecule has 0 bridgehead atoms. The highest BCUT2D eigenvalue weighted by molar-refractivity contribution is 7.47. The van der Waals surface area contributed by atoms with Crippen molar-refractivity contribution in [2.75, 3.05) is 39.6 Å². The maximum atomic E-state index is 13.0. The van der Waals surface area contributed by atoms with Crippen LogP contribution < -0.4 is 0 Å². The molecule has 0 aromatic heterocycles. The van der Waals surface area contributed by atoms with Gasteiger partial charge < -0.3 is 33.8 Å². The number of phosphoric acid groups is 2. The fraction of sp³-hybridized carbons (Fsp3) is 0.944. The van der Waals surface area contributed by atoms with Gasteiger partial charge in [-0.25, -0.2) is 9.13 Å². The number of carbonyl (C=O) groups is 4. The van der Waals surface area contributed by atoms with E-state index < -0.39 is 97.5 Å². The third-order valence-electron chi connectivity index (χ3n) is 17.7. The molecule has 0 radical (unpaired) electrons. The maximum absolute atomic E-state index is 13.0. The van der Waals surface area contributed by atoms with E-state index >= 15 is 0 Å². The molecule has 0 aliphatic rings. The summed E-state index contributed by atoms with van der Waals surface area (Å²) in [6.45, 7) is 14.1. The van der Waals surface area contributed by atoms with Crippen molar-refractivity contribution in [3.8, 4) is 0 Å². The first kappa shape index (κ1) is 89.1. The molecule has 0 aliphatic carbocycles. The molecule has 0 heterocycles.